The number of hydrogen-bond acceptors (Lipinski definition) is 3. The van der Waals surface area contributed by atoms with E-state index in [1.165, 1.54) is 17.5 Å². The number of hydrogen-bond donors (Lipinski definition) is 1. The van der Waals surface area contributed by atoms with Crippen molar-refractivity contribution in [3.8, 4) is 5.75 Å². The fraction of sp³-hybridized carbons (Fsp3) is 0.391. The summed E-state index contributed by atoms with van der Waals surface area (Å²) in [4.78, 5) is 26.3. The molecule has 0 aliphatic carbocycles. The average molecular weight is 378 g/mol. The first kappa shape index (κ1) is 18.5. The Morgan fingerprint density at radius 3 is 2.64 bits per heavy atom. The van der Waals surface area contributed by atoms with Crippen molar-refractivity contribution in [3.05, 3.63) is 59.2 Å². The average Bonchev–Trinajstić information content (AvgIpc) is 2.72. The van der Waals surface area contributed by atoms with Crippen molar-refractivity contribution >= 4 is 17.5 Å². The highest BCUT2D eigenvalue weighted by atomic mass is 16.5. The van der Waals surface area contributed by atoms with Gasteiger partial charge in [0.25, 0.3) is 11.8 Å². The third-order valence-electron chi connectivity index (χ3n) is 5.72. The van der Waals surface area contributed by atoms with Crippen LogP contribution in [0.1, 0.15) is 40.7 Å². The molecule has 2 amide bonds. The van der Waals surface area contributed by atoms with Gasteiger partial charge in [-0.25, -0.2) is 0 Å². The van der Waals surface area contributed by atoms with Gasteiger partial charge in [-0.2, -0.15) is 0 Å². The zero-order chi connectivity index (χ0) is 19.5. The molecule has 2 aromatic rings. The second kappa shape index (κ2) is 8.05. The van der Waals surface area contributed by atoms with E-state index in [1.54, 1.807) is 18.2 Å². The highest BCUT2D eigenvalue weighted by Gasteiger charge is 2.25. The molecule has 1 N–H and O–H groups in total. The SMILES string of the molecule is Cc1ccc(CCC2CCN(C(=O)c3ccc4c(c3)NC(=O)CO4)CC2)cc1. The lowest BCUT2D eigenvalue weighted by atomic mass is 9.90. The number of likely N-dealkylation sites (tertiary alicyclic amines) is 1. The largest absolute Gasteiger partial charge is 0.482 e. The van der Waals surface area contributed by atoms with Gasteiger partial charge in [0.15, 0.2) is 6.61 Å². The zero-order valence-corrected chi connectivity index (χ0v) is 16.2. The van der Waals surface area contributed by atoms with Crippen molar-refractivity contribution in [1.82, 2.24) is 4.90 Å². The van der Waals surface area contributed by atoms with Crippen LogP contribution in [-0.2, 0) is 11.2 Å². The lowest BCUT2D eigenvalue weighted by Gasteiger charge is -2.32. The minimum absolute atomic E-state index is 0.0242. The maximum atomic E-state index is 12.9. The summed E-state index contributed by atoms with van der Waals surface area (Å²) in [6.45, 7) is 3.71. The third-order valence-corrected chi connectivity index (χ3v) is 5.72. The van der Waals surface area contributed by atoms with Gasteiger partial charge in [-0.15, -0.1) is 0 Å². The number of ether oxygens (including phenoxy) is 1. The van der Waals surface area contributed by atoms with Crippen LogP contribution in [0.4, 0.5) is 5.69 Å². The van der Waals surface area contributed by atoms with E-state index in [0.29, 0.717) is 22.9 Å². The summed E-state index contributed by atoms with van der Waals surface area (Å²) < 4.78 is 5.36. The lowest BCUT2D eigenvalue weighted by molar-refractivity contribution is -0.118. The molecule has 5 nitrogen and oxygen atoms in total. The molecule has 2 aliphatic rings. The normalized spacial score (nSPS) is 16.9. The van der Waals surface area contributed by atoms with Gasteiger partial charge >= 0.3 is 0 Å². The number of anilines is 1. The van der Waals surface area contributed by atoms with Crippen molar-refractivity contribution in [2.75, 3.05) is 25.0 Å². The number of piperidine rings is 1. The minimum Gasteiger partial charge on any atom is -0.482 e. The summed E-state index contributed by atoms with van der Waals surface area (Å²) in [6.07, 6.45) is 4.36. The van der Waals surface area contributed by atoms with Crippen molar-refractivity contribution in [2.24, 2.45) is 5.92 Å². The molecule has 1 fully saturated rings. The van der Waals surface area contributed by atoms with Crippen LogP contribution in [0, 0.1) is 12.8 Å². The Morgan fingerprint density at radius 2 is 1.89 bits per heavy atom. The van der Waals surface area contributed by atoms with Crippen LogP contribution >= 0.6 is 0 Å². The van der Waals surface area contributed by atoms with Gasteiger partial charge in [0.05, 0.1) is 5.69 Å². The van der Waals surface area contributed by atoms with E-state index in [-0.39, 0.29) is 18.4 Å². The summed E-state index contributed by atoms with van der Waals surface area (Å²) in [5, 5.41) is 2.77. The summed E-state index contributed by atoms with van der Waals surface area (Å²) in [5.74, 6) is 1.12. The van der Waals surface area contributed by atoms with Crippen molar-refractivity contribution in [3.63, 3.8) is 0 Å². The molecule has 5 heteroatoms. The molecule has 146 valence electrons. The summed E-state index contributed by atoms with van der Waals surface area (Å²) in [7, 11) is 0. The highest BCUT2D eigenvalue weighted by Crippen LogP contribution is 2.30. The van der Waals surface area contributed by atoms with E-state index in [9.17, 15) is 9.59 Å². The molecular formula is C23H26N2O3. The number of aryl methyl sites for hydroxylation is 2. The number of fused-ring (bicyclic) bond motifs is 1. The smallest absolute Gasteiger partial charge is 0.262 e. The molecule has 0 aromatic heterocycles. The molecule has 2 aromatic carbocycles. The summed E-state index contributed by atoms with van der Waals surface area (Å²) >= 11 is 0. The Bertz CT molecular complexity index is 868. The molecule has 0 atom stereocenters. The number of benzene rings is 2. The van der Waals surface area contributed by atoms with Crippen molar-refractivity contribution in [1.29, 1.82) is 0 Å². The van der Waals surface area contributed by atoms with Crippen LogP contribution in [0.5, 0.6) is 5.75 Å². The van der Waals surface area contributed by atoms with Gasteiger partial charge in [-0.3, -0.25) is 9.59 Å². The van der Waals surface area contributed by atoms with Gasteiger partial charge in [-0.1, -0.05) is 29.8 Å². The number of rotatable bonds is 4. The van der Waals surface area contributed by atoms with E-state index in [1.807, 2.05) is 4.90 Å². The van der Waals surface area contributed by atoms with Crippen LogP contribution in [-0.4, -0.2) is 36.4 Å². The molecule has 28 heavy (non-hydrogen) atoms. The predicted molar refractivity (Wildman–Crippen MR) is 109 cm³/mol. The second-order valence-corrected chi connectivity index (χ2v) is 7.81. The predicted octanol–water partition coefficient (Wildman–Crippen LogP) is 3.81. The number of amides is 2. The highest BCUT2D eigenvalue weighted by molar-refractivity contribution is 5.99. The Balaban J connectivity index is 1.31. The van der Waals surface area contributed by atoms with E-state index in [4.69, 9.17) is 4.74 Å². The van der Waals surface area contributed by atoms with E-state index in [0.717, 1.165) is 32.4 Å². The Hall–Kier alpha value is -2.82. The molecule has 1 saturated heterocycles. The van der Waals surface area contributed by atoms with Crippen molar-refractivity contribution in [2.45, 2.75) is 32.6 Å². The topological polar surface area (TPSA) is 58.6 Å². The number of nitrogens with zero attached hydrogens (tertiary/aromatic N) is 1. The molecule has 0 spiro atoms. The Morgan fingerprint density at radius 1 is 1.14 bits per heavy atom. The zero-order valence-electron chi connectivity index (χ0n) is 16.2. The van der Waals surface area contributed by atoms with Crippen LogP contribution < -0.4 is 10.1 Å². The number of nitrogens with one attached hydrogen (secondary N) is 1. The molecular weight excluding hydrogens is 352 g/mol. The number of carbonyl (C=O) groups is 2. The molecule has 0 unspecified atom stereocenters. The van der Waals surface area contributed by atoms with Crippen LogP contribution in [0.3, 0.4) is 0 Å². The van der Waals surface area contributed by atoms with Crippen LogP contribution in [0.2, 0.25) is 0 Å². The standard InChI is InChI=1S/C23H26N2O3/c1-16-2-4-17(5-3-16)6-7-18-10-12-25(13-11-18)23(27)19-8-9-21-20(14-19)24-22(26)15-28-21/h2-5,8-9,14,18H,6-7,10-13,15H2,1H3,(H,24,26). The monoisotopic (exact) mass is 378 g/mol. The maximum absolute atomic E-state index is 12.9. The van der Waals surface area contributed by atoms with Gasteiger partial charge in [0.2, 0.25) is 0 Å². The lowest BCUT2D eigenvalue weighted by Crippen LogP contribution is -2.38. The van der Waals surface area contributed by atoms with E-state index in [2.05, 4.69) is 36.5 Å². The van der Waals surface area contributed by atoms with Crippen LogP contribution in [0.15, 0.2) is 42.5 Å². The van der Waals surface area contributed by atoms with Gasteiger partial charge < -0.3 is 15.0 Å². The first-order chi connectivity index (χ1) is 13.6. The first-order valence-corrected chi connectivity index (χ1v) is 10.00. The summed E-state index contributed by atoms with van der Waals surface area (Å²) in [6, 6.07) is 14.0. The van der Waals surface area contributed by atoms with E-state index >= 15 is 0 Å². The Kier molecular flexibility index (Phi) is 5.33. The minimum atomic E-state index is -0.188. The molecule has 2 heterocycles. The quantitative estimate of drug-likeness (QED) is 0.880. The van der Waals surface area contributed by atoms with Gasteiger partial charge in [0.1, 0.15) is 5.75 Å². The number of carbonyl (C=O) groups excluding carboxylic acids is 2. The Labute approximate surface area is 165 Å². The fourth-order valence-corrected chi connectivity index (χ4v) is 3.95. The molecule has 0 saturated carbocycles. The summed E-state index contributed by atoms with van der Waals surface area (Å²) in [5.41, 5.74) is 3.86. The molecule has 0 radical (unpaired) electrons. The second-order valence-electron chi connectivity index (χ2n) is 7.81. The van der Waals surface area contributed by atoms with E-state index < -0.39 is 0 Å². The third kappa shape index (κ3) is 4.19. The van der Waals surface area contributed by atoms with Crippen molar-refractivity contribution < 1.29 is 14.3 Å². The molecule has 2 aliphatic heterocycles. The van der Waals surface area contributed by atoms with Crippen LogP contribution in [0.25, 0.3) is 0 Å². The van der Waals surface area contributed by atoms with Gasteiger partial charge in [-0.05, 0) is 62.3 Å². The van der Waals surface area contributed by atoms with Gasteiger partial charge in [0, 0.05) is 18.7 Å². The molecule has 0 bridgehead atoms. The fourth-order valence-electron chi connectivity index (χ4n) is 3.95. The maximum Gasteiger partial charge on any atom is 0.262 e. The molecule has 4 rings (SSSR count). The first-order valence-electron chi connectivity index (χ1n) is 10.00.